The van der Waals surface area contributed by atoms with Gasteiger partial charge < -0.3 is 10.3 Å². The van der Waals surface area contributed by atoms with E-state index in [4.69, 9.17) is 0 Å². The van der Waals surface area contributed by atoms with Crippen LogP contribution < -0.4 is 16.6 Å². The number of rotatable bonds is 2. The van der Waals surface area contributed by atoms with Crippen molar-refractivity contribution in [3.05, 3.63) is 20.8 Å². The lowest BCUT2D eigenvalue weighted by molar-refractivity contribution is 0.443. The minimum Gasteiger partial charge on any atom is -0.353 e. The first-order chi connectivity index (χ1) is 8.58. The van der Waals surface area contributed by atoms with Crippen LogP contribution in [0.2, 0.25) is 0 Å². The second-order valence-electron chi connectivity index (χ2n) is 4.76. The highest BCUT2D eigenvalue weighted by molar-refractivity contribution is 5.72. The fourth-order valence-corrected chi connectivity index (χ4v) is 2.14. The van der Waals surface area contributed by atoms with E-state index >= 15 is 0 Å². The van der Waals surface area contributed by atoms with Gasteiger partial charge in [-0.15, -0.1) is 0 Å². The Morgan fingerprint density at radius 3 is 2.61 bits per heavy atom. The third kappa shape index (κ3) is 1.47. The summed E-state index contributed by atoms with van der Waals surface area (Å²) in [6.07, 6.45) is 3.46. The minimum absolute atomic E-state index is 0.345. The van der Waals surface area contributed by atoms with Gasteiger partial charge >= 0.3 is 5.69 Å². The molecule has 0 saturated heterocycles. The van der Waals surface area contributed by atoms with Crippen molar-refractivity contribution in [2.75, 3.05) is 5.32 Å². The SMILES string of the molecule is Cn1c(=O)c2[nH]c(NC3CCC3)nc2n(C)c1=O. The predicted octanol–water partition coefficient (Wildman–Crippen LogP) is -0.0753. The largest absolute Gasteiger partial charge is 0.353 e. The maximum atomic E-state index is 11.9. The van der Waals surface area contributed by atoms with Gasteiger partial charge in [-0.05, 0) is 19.3 Å². The van der Waals surface area contributed by atoms with E-state index in [0.717, 1.165) is 17.4 Å². The number of anilines is 1. The molecule has 0 bridgehead atoms. The fourth-order valence-electron chi connectivity index (χ4n) is 2.14. The van der Waals surface area contributed by atoms with E-state index < -0.39 is 0 Å². The topological polar surface area (TPSA) is 84.7 Å². The first-order valence-electron chi connectivity index (χ1n) is 6.00. The summed E-state index contributed by atoms with van der Waals surface area (Å²) in [6, 6.07) is 0.423. The lowest BCUT2D eigenvalue weighted by Crippen LogP contribution is -2.36. The van der Waals surface area contributed by atoms with Crippen LogP contribution in [-0.4, -0.2) is 25.1 Å². The van der Waals surface area contributed by atoms with Crippen molar-refractivity contribution in [1.82, 2.24) is 19.1 Å². The summed E-state index contributed by atoms with van der Waals surface area (Å²) < 4.78 is 2.45. The van der Waals surface area contributed by atoms with Gasteiger partial charge in [0.2, 0.25) is 5.95 Å². The van der Waals surface area contributed by atoms with Crippen molar-refractivity contribution in [3.8, 4) is 0 Å². The number of aromatic nitrogens is 4. The molecule has 0 unspecified atom stereocenters. The van der Waals surface area contributed by atoms with Gasteiger partial charge in [-0.25, -0.2) is 4.79 Å². The average molecular weight is 249 g/mol. The predicted molar refractivity (Wildman–Crippen MR) is 67.8 cm³/mol. The Morgan fingerprint density at radius 1 is 1.28 bits per heavy atom. The number of hydrogen-bond acceptors (Lipinski definition) is 4. The van der Waals surface area contributed by atoms with Gasteiger partial charge in [-0.1, -0.05) is 0 Å². The van der Waals surface area contributed by atoms with Gasteiger partial charge in [0, 0.05) is 20.1 Å². The summed E-state index contributed by atoms with van der Waals surface area (Å²) in [5, 5.41) is 3.23. The number of nitrogens with one attached hydrogen (secondary N) is 2. The van der Waals surface area contributed by atoms with Gasteiger partial charge in [-0.2, -0.15) is 4.98 Å². The van der Waals surface area contributed by atoms with Gasteiger partial charge in [0.25, 0.3) is 5.56 Å². The molecule has 96 valence electrons. The summed E-state index contributed by atoms with van der Waals surface area (Å²) in [5.41, 5.74) is 0.0443. The molecular formula is C11H15N5O2. The summed E-state index contributed by atoms with van der Waals surface area (Å²) in [4.78, 5) is 30.9. The molecule has 2 aromatic rings. The molecule has 0 radical (unpaired) electrons. The van der Waals surface area contributed by atoms with E-state index in [1.807, 2.05) is 0 Å². The third-order valence-corrected chi connectivity index (χ3v) is 3.54. The highest BCUT2D eigenvalue weighted by atomic mass is 16.2. The van der Waals surface area contributed by atoms with E-state index in [1.165, 1.54) is 18.0 Å². The van der Waals surface area contributed by atoms with E-state index in [2.05, 4.69) is 15.3 Å². The van der Waals surface area contributed by atoms with E-state index in [1.54, 1.807) is 7.05 Å². The molecule has 2 aromatic heterocycles. The standard InChI is InChI=1S/C11H15N5O2/c1-15-8-7(9(17)16(2)11(15)18)13-10(14-8)12-6-4-3-5-6/h6H,3-5H2,1-2H3,(H2,12,13,14). The smallest absolute Gasteiger partial charge is 0.332 e. The number of hydrogen-bond donors (Lipinski definition) is 2. The number of H-pyrrole nitrogens is 1. The summed E-state index contributed by atoms with van der Waals surface area (Å²) >= 11 is 0. The van der Waals surface area contributed by atoms with Crippen LogP contribution in [0.3, 0.4) is 0 Å². The summed E-state index contributed by atoms with van der Waals surface area (Å²) in [5.74, 6) is 0.563. The van der Waals surface area contributed by atoms with Crippen molar-refractivity contribution < 1.29 is 0 Å². The van der Waals surface area contributed by atoms with Crippen molar-refractivity contribution in [1.29, 1.82) is 0 Å². The number of fused-ring (bicyclic) bond motifs is 1. The summed E-state index contributed by atoms with van der Waals surface area (Å²) in [6.45, 7) is 0. The molecule has 2 heterocycles. The van der Waals surface area contributed by atoms with Crippen LogP contribution in [0.4, 0.5) is 5.95 Å². The first-order valence-corrected chi connectivity index (χ1v) is 6.00. The van der Waals surface area contributed by atoms with Crippen molar-refractivity contribution in [2.45, 2.75) is 25.3 Å². The molecule has 1 aliphatic rings. The zero-order chi connectivity index (χ0) is 12.9. The number of aryl methyl sites for hydroxylation is 1. The molecule has 18 heavy (non-hydrogen) atoms. The second kappa shape index (κ2) is 3.72. The molecule has 0 amide bonds. The lowest BCUT2D eigenvalue weighted by atomic mass is 9.93. The van der Waals surface area contributed by atoms with Gasteiger partial charge in [0.15, 0.2) is 11.2 Å². The molecule has 2 N–H and O–H groups in total. The monoisotopic (exact) mass is 249 g/mol. The van der Waals surface area contributed by atoms with Gasteiger partial charge in [-0.3, -0.25) is 13.9 Å². The fraction of sp³-hybridized carbons (Fsp3) is 0.545. The van der Waals surface area contributed by atoms with E-state index in [9.17, 15) is 9.59 Å². The Balaban J connectivity index is 2.16. The Hall–Kier alpha value is -2.05. The quantitative estimate of drug-likeness (QED) is 0.780. The Labute approximate surface area is 102 Å². The molecule has 0 atom stereocenters. The molecule has 1 fully saturated rings. The number of nitrogens with zero attached hydrogens (tertiary/aromatic N) is 3. The van der Waals surface area contributed by atoms with E-state index in [0.29, 0.717) is 23.2 Å². The van der Waals surface area contributed by atoms with E-state index in [-0.39, 0.29) is 11.2 Å². The van der Waals surface area contributed by atoms with Crippen molar-refractivity contribution in [3.63, 3.8) is 0 Å². The molecule has 1 saturated carbocycles. The van der Waals surface area contributed by atoms with Crippen molar-refractivity contribution >= 4 is 17.1 Å². The maximum absolute atomic E-state index is 11.9. The van der Waals surface area contributed by atoms with Crippen LogP contribution in [0, 0.1) is 0 Å². The molecule has 3 rings (SSSR count). The summed E-state index contributed by atoms with van der Waals surface area (Å²) in [7, 11) is 3.07. The zero-order valence-electron chi connectivity index (χ0n) is 10.4. The van der Waals surface area contributed by atoms with Crippen LogP contribution >= 0.6 is 0 Å². The Kier molecular flexibility index (Phi) is 2.29. The minimum atomic E-state index is -0.366. The molecule has 0 aliphatic heterocycles. The van der Waals surface area contributed by atoms with Gasteiger partial charge in [0.1, 0.15) is 0 Å². The highest BCUT2D eigenvalue weighted by Gasteiger charge is 2.19. The van der Waals surface area contributed by atoms with Crippen LogP contribution in [-0.2, 0) is 14.1 Å². The second-order valence-corrected chi connectivity index (χ2v) is 4.76. The van der Waals surface area contributed by atoms with Crippen LogP contribution in [0.25, 0.3) is 11.2 Å². The van der Waals surface area contributed by atoms with Crippen LogP contribution in [0.1, 0.15) is 19.3 Å². The number of aromatic amines is 1. The molecule has 7 heteroatoms. The molecule has 0 aromatic carbocycles. The lowest BCUT2D eigenvalue weighted by Gasteiger charge is -2.25. The van der Waals surface area contributed by atoms with Crippen LogP contribution in [0.15, 0.2) is 9.59 Å². The third-order valence-electron chi connectivity index (χ3n) is 3.54. The molecule has 0 spiro atoms. The van der Waals surface area contributed by atoms with Gasteiger partial charge in [0.05, 0.1) is 0 Å². The highest BCUT2D eigenvalue weighted by Crippen LogP contribution is 2.22. The van der Waals surface area contributed by atoms with Crippen molar-refractivity contribution in [2.24, 2.45) is 14.1 Å². The Morgan fingerprint density at radius 2 is 2.00 bits per heavy atom. The Bertz CT molecular complexity index is 719. The average Bonchev–Trinajstić information content (AvgIpc) is 2.73. The molecule has 1 aliphatic carbocycles. The maximum Gasteiger partial charge on any atom is 0.332 e. The first kappa shape index (κ1) is 11.1. The van der Waals surface area contributed by atoms with Crippen LogP contribution in [0.5, 0.6) is 0 Å². The number of imidazole rings is 1. The molecule has 7 nitrogen and oxygen atoms in total. The molecular weight excluding hydrogens is 234 g/mol. The normalized spacial score (nSPS) is 15.9. The zero-order valence-corrected chi connectivity index (χ0v) is 10.4.